The second kappa shape index (κ2) is 8.54. The highest BCUT2D eigenvalue weighted by Crippen LogP contribution is 2.22. The van der Waals surface area contributed by atoms with E-state index in [1.165, 1.54) is 19.1 Å². The van der Waals surface area contributed by atoms with E-state index in [9.17, 15) is 13.2 Å². The van der Waals surface area contributed by atoms with Gasteiger partial charge in [-0.2, -0.15) is 4.72 Å². The third-order valence-corrected chi connectivity index (χ3v) is 5.67. The predicted molar refractivity (Wildman–Crippen MR) is 107 cm³/mol. The van der Waals surface area contributed by atoms with E-state index in [0.717, 1.165) is 11.1 Å². The molecule has 2 rings (SSSR count). The Kier molecular flexibility index (Phi) is 6.62. The lowest BCUT2D eigenvalue weighted by atomic mass is 10.1. The number of amides is 1. The molecule has 0 bridgehead atoms. The van der Waals surface area contributed by atoms with Crippen molar-refractivity contribution in [3.63, 3.8) is 0 Å². The third kappa shape index (κ3) is 5.30. The van der Waals surface area contributed by atoms with Gasteiger partial charge in [0.05, 0.1) is 17.5 Å². The van der Waals surface area contributed by atoms with Crippen LogP contribution in [0.25, 0.3) is 0 Å². The molecule has 0 unspecified atom stereocenters. The summed E-state index contributed by atoms with van der Waals surface area (Å²) in [5.74, 6) is 0.215. The van der Waals surface area contributed by atoms with E-state index in [0.29, 0.717) is 23.6 Å². The van der Waals surface area contributed by atoms with E-state index in [1.807, 2.05) is 39.0 Å². The summed E-state index contributed by atoms with van der Waals surface area (Å²) in [6.45, 7) is 9.46. The number of sulfonamides is 1. The zero-order valence-corrected chi connectivity index (χ0v) is 17.1. The van der Waals surface area contributed by atoms with E-state index in [2.05, 4.69) is 10.0 Å². The number of ether oxygens (including phenoxy) is 1. The molecule has 1 amide bonds. The molecule has 0 heterocycles. The molecule has 2 aromatic carbocycles. The summed E-state index contributed by atoms with van der Waals surface area (Å²) < 4.78 is 33.1. The highest BCUT2D eigenvalue weighted by Gasteiger charge is 2.23. The second-order valence-electron chi connectivity index (χ2n) is 6.51. The van der Waals surface area contributed by atoms with Crippen LogP contribution in [-0.4, -0.2) is 27.0 Å². The zero-order valence-electron chi connectivity index (χ0n) is 16.3. The first kappa shape index (κ1) is 20.9. The van der Waals surface area contributed by atoms with Gasteiger partial charge in [-0.1, -0.05) is 12.1 Å². The van der Waals surface area contributed by atoms with E-state index in [-0.39, 0.29) is 4.90 Å². The van der Waals surface area contributed by atoms with Gasteiger partial charge >= 0.3 is 0 Å². The molecule has 0 aromatic heterocycles. The Morgan fingerprint density at radius 2 is 1.78 bits per heavy atom. The lowest BCUT2D eigenvalue weighted by molar-refractivity contribution is -0.117. The van der Waals surface area contributed by atoms with E-state index in [1.54, 1.807) is 13.0 Å². The lowest BCUT2D eigenvalue weighted by Crippen LogP contribution is -2.41. The van der Waals surface area contributed by atoms with Crippen molar-refractivity contribution in [1.82, 2.24) is 4.72 Å². The molecule has 2 aromatic rings. The van der Waals surface area contributed by atoms with Crippen molar-refractivity contribution < 1.29 is 17.9 Å². The molecule has 0 saturated heterocycles. The number of nitrogens with one attached hydrogen (secondary N) is 2. The normalized spacial score (nSPS) is 12.5. The smallest absolute Gasteiger partial charge is 0.242 e. The van der Waals surface area contributed by atoms with Gasteiger partial charge < -0.3 is 10.1 Å². The topological polar surface area (TPSA) is 84.5 Å². The number of hydrogen-bond donors (Lipinski definition) is 2. The minimum absolute atomic E-state index is 0.0924. The van der Waals surface area contributed by atoms with Crippen molar-refractivity contribution in [2.75, 3.05) is 11.9 Å². The first-order valence-corrected chi connectivity index (χ1v) is 10.3. The third-order valence-electron chi connectivity index (χ3n) is 4.13. The molecular formula is C20H26N2O4S. The van der Waals surface area contributed by atoms with Gasteiger partial charge in [0.15, 0.2) is 0 Å². The Balaban J connectivity index is 2.13. The fraction of sp³-hybridized carbons (Fsp3) is 0.350. The van der Waals surface area contributed by atoms with Crippen molar-refractivity contribution in [3.05, 3.63) is 53.1 Å². The number of aryl methyl sites for hydroxylation is 3. The van der Waals surface area contributed by atoms with Crippen LogP contribution < -0.4 is 14.8 Å². The monoisotopic (exact) mass is 390 g/mol. The van der Waals surface area contributed by atoms with Crippen LogP contribution in [0, 0.1) is 20.8 Å². The van der Waals surface area contributed by atoms with E-state index in [4.69, 9.17) is 4.74 Å². The molecule has 27 heavy (non-hydrogen) atoms. The average molecular weight is 391 g/mol. The minimum atomic E-state index is -3.84. The lowest BCUT2D eigenvalue weighted by Gasteiger charge is -2.16. The molecule has 0 aliphatic rings. The molecule has 6 nitrogen and oxygen atoms in total. The Morgan fingerprint density at radius 1 is 1.07 bits per heavy atom. The molecule has 2 N–H and O–H groups in total. The standard InChI is InChI=1S/C20H26N2O4S/c1-6-26-19-10-9-17(12-15(19)4)27(24,25)22-16(5)20(23)21-18-11-13(2)7-8-14(18)3/h7-12,16,22H,6H2,1-5H3,(H,21,23)/t16-/m1/s1. The van der Waals surface area contributed by atoms with Crippen LogP contribution in [0.3, 0.4) is 0 Å². The van der Waals surface area contributed by atoms with Crippen LogP contribution in [0.2, 0.25) is 0 Å². The number of carbonyl (C=O) groups is 1. The summed E-state index contributed by atoms with van der Waals surface area (Å²) in [6, 6.07) is 9.40. The maximum absolute atomic E-state index is 12.6. The highest BCUT2D eigenvalue weighted by atomic mass is 32.2. The number of rotatable bonds is 7. The van der Waals surface area contributed by atoms with Crippen LogP contribution in [0.5, 0.6) is 5.75 Å². The quantitative estimate of drug-likeness (QED) is 0.760. The molecule has 7 heteroatoms. The highest BCUT2D eigenvalue weighted by molar-refractivity contribution is 7.89. The van der Waals surface area contributed by atoms with Crippen LogP contribution in [0.1, 0.15) is 30.5 Å². The molecule has 0 aliphatic heterocycles. The molecular weight excluding hydrogens is 364 g/mol. The molecule has 0 spiro atoms. The number of benzene rings is 2. The largest absolute Gasteiger partial charge is 0.494 e. The molecule has 0 fully saturated rings. The summed E-state index contributed by atoms with van der Waals surface area (Å²) in [5, 5.41) is 2.78. The Labute approximate surface area is 161 Å². The summed E-state index contributed by atoms with van der Waals surface area (Å²) in [6.07, 6.45) is 0. The van der Waals surface area contributed by atoms with Gasteiger partial charge in [-0.05, 0) is 75.6 Å². The van der Waals surface area contributed by atoms with E-state index >= 15 is 0 Å². The fourth-order valence-electron chi connectivity index (χ4n) is 2.57. The Hall–Kier alpha value is -2.38. The molecule has 146 valence electrons. The SMILES string of the molecule is CCOc1ccc(S(=O)(=O)N[C@H](C)C(=O)Nc2cc(C)ccc2C)cc1C. The maximum atomic E-state index is 12.6. The van der Waals surface area contributed by atoms with Gasteiger partial charge in [-0.25, -0.2) is 8.42 Å². The summed E-state index contributed by atoms with van der Waals surface area (Å²) in [4.78, 5) is 12.5. The molecule has 1 atom stereocenters. The second-order valence-corrected chi connectivity index (χ2v) is 8.22. The Morgan fingerprint density at radius 3 is 2.41 bits per heavy atom. The van der Waals surface area contributed by atoms with Gasteiger partial charge in [0, 0.05) is 5.69 Å². The van der Waals surface area contributed by atoms with Gasteiger partial charge in [-0.15, -0.1) is 0 Å². The van der Waals surface area contributed by atoms with Gasteiger partial charge in [0.25, 0.3) is 0 Å². The van der Waals surface area contributed by atoms with Gasteiger partial charge in [-0.3, -0.25) is 4.79 Å². The number of anilines is 1. The van der Waals surface area contributed by atoms with E-state index < -0.39 is 22.0 Å². The van der Waals surface area contributed by atoms with Crippen molar-refractivity contribution in [2.45, 2.75) is 45.6 Å². The summed E-state index contributed by atoms with van der Waals surface area (Å²) in [5.41, 5.74) is 3.30. The van der Waals surface area contributed by atoms with Crippen LogP contribution in [0.4, 0.5) is 5.69 Å². The summed E-state index contributed by atoms with van der Waals surface area (Å²) >= 11 is 0. The number of hydrogen-bond acceptors (Lipinski definition) is 4. The predicted octanol–water partition coefficient (Wildman–Crippen LogP) is 3.32. The maximum Gasteiger partial charge on any atom is 0.242 e. The molecule has 0 saturated carbocycles. The average Bonchev–Trinajstić information content (AvgIpc) is 2.59. The molecule has 0 radical (unpaired) electrons. The minimum Gasteiger partial charge on any atom is -0.494 e. The zero-order chi connectivity index (χ0) is 20.2. The number of carbonyl (C=O) groups excluding carboxylic acids is 1. The Bertz CT molecular complexity index is 939. The van der Waals surface area contributed by atoms with Crippen molar-refractivity contribution in [1.29, 1.82) is 0 Å². The van der Waals surface area contributed by atoms with Crippen LogP contribution in [0.15, 0.2) is 41.3 Å². The van der Waals surface area contributed by atoms with Crippen molar-refractivity contribution >= 4 is 21.6 Å². The first-order chi connectivity index (χ1) is 12.6. The molecule has 0 aliphatic carbocycles. The fourth-order valence-corrected chi connectivity index (χ4v) is 3.86. The van der Waals surface area contributed by atoms with Gasteiger partial charge in [0.2, 0.25) is 15.9 Å². The van der Waals surface area contributed by atoms with Crippen molar-refractivity contribution in [3.8, 4) is 5.75 Å². The van der Waals surface area contributed by atoms with Crippen LogP contribution >= 0.6 is 0 Å². The van der Waals surface area contributed by atoms with Crippen molar-refractivity contribution in [2.24, 2.45) is 0 Å². The van der Waals surface area contributed by atoms with Crippen LogP contribution in [-0.2, 0) is 14.8 Å². The van der Waals surface area contributed by atoms with Gasteiger partial charge in [0.1, 0.15) is 5.75 Å². The first-order valence-electron chi connectivity index (χ1n) is 8.78. The summed E-state index contributed by atoms with van der Waals surface area (Å²) in [7, 11) is -3.84.